The molecule has 2 unspecified atom stereocenters. The standard InChI is InChI=1S/C10H18N2O2/c1-12(2)10(13)11-8-5-6-14-9(8)7-3-4-7/h7-9H,3-6H2,1-2H3,(H,11,13). The van der Waals surface area contributed by atoms with E-state index in [0.29, 0.717) is 5.92 Å². The number of rotatable bonds is 2. The van der Waals surface area contributed by atoms with Crippen LogP contribution in [0.5, 0.6) is 0 Å². The molecular weight excluding hydrogens is 180 g/mol. The fourth-order valence-electron chi connectivity index (χ4n) is 1.94. The molecule has 2 atom stereocenters. The molecule has 1 aliphatic carbocycles. The fourth-order valence-corrected chi connectivity index (χ4v) is 1.94. The number of urea groups is 1. The zero-order chi connectivity index (χ0) is 10.1. The number of nitrogens with one attached hydrogen (secondary N) is 1. The summed E-state index contributed by atoms with van der Waals surface area (Å²) in [5.74, 6) is 0.699. The molecule has 4 heteroatoms. The third kappa shape index (κ3) is 2.00. The van der Waals surface area contributed by atoms with Gasteiger partial charge in [-0.1, -0.05) is 0 Å². The van der Waals surface area contributed by atoms with Gasteiger partial charge in [-0.05, 0) is 25.2 Å². The first-order chi connectivity index (χ1) is 6.68. The van der Waals surface area contributed by atoms with E-state index < -0.39 is 0 Å². The molecule has 1 heterocycles. The zero-order valence-corrected chi connectivity index (χ0v) is 8.82. The Morgan fingerprint density at radius 3 is 2.64 bits per heavy atom. The minimum atomic E-state index is -0.00819. The molecular formula is C10H18N2O2. The highest BCUT2D eigenvalue weighted by Gasteiger charge is 2.41. The quantitative estimate of drug-likeness (QED) is 0.714. The Hall–Kier alpha value is -0.770. The third-order valence-corrected chi connectivity index (χ3v) is 2.94. The summed E-state index contributed by atoms with van der Waals surface area (Å²) in [7, 11) is 3.52. The van der Waals surface area contributed by atoms with Crippen molar-refractivity contribution in [3.8, 4) is 0 Å². The molecule has 2 amide bonds. The van der Waals surface area contributed by atoms with Gasteiger partial charge in [-0.3, -0.25) is 0 Å². The maximum absolute atomic E-state index is 11.4. The number of ether oxygens (including phenoxy) is 1. The average molecular weight is 198 g/mol. The van der Waals surface area contributed by atoms with Crippen molar-refractivity contribution in [2.24, 2.45) is 5.92 Å². The smallest absolute Gasteiger partial charge is 0.317 e. The van der Waals surface area contributed by atoms with Crippen LogP contribution in [0.3, 0.4) is 0 Å². The first-order valence-corrected chi connectivity index (χ1v) is 5.28. The lowest BCUT2D eigenvalue weighted by molar-refractivity contribution is 0.0816. The Labute approximate surface area is 84.6 Å². The topological polar surface area (TPSA) is 41.6 Å². The maximum Gasteiger partial charge on any atom is 0.317 e. The molecule has 0 aromatic carbocycles. The predicted octanol–water partition coefficient (Wildman–Crippen LogP) is 0.825. The summed E-state index contributed by atoms with van der Waals surface area (Å²) in [5.41, 5.74) is 0. The third-order valence-electron chi connectivity index (χ3n) is 2.94. The predicted molar refractivity (Wildman–Crippen MR) is 53.1 cm³/mol. The van der Waals surface area contributed by atoms with Crippen LogP contribution < -0.4 is 5.32 Å². The Morgan fingerprint density at radius 2 is 2.07 bits per heavy atom. The van der Waals surface area contributed by atoms with Crippen molar-refractivity contribution >= 4 is 6.03 Å². The van der Waals surface area contributed by atoms with E-state index in [1.807, 2.05) is 0 Å². The number of nitrogens with zero attached hydrogens (tertiary/aromatic N) is 1. The van der Waals surface area contributed by atoms with Crippen molar-refractivity contribution < 1.29 is 9.53 Å². The summed E-state index contributed by atoms with van der Waals surface area (Å²) in [5, 5.41) is 3.01. The van der Waals surface area contributed by atoms with E-state index in [2.05, 4.69) is 5.32 Å². The molecule has 0 bridgehead atoms. The van der Waals surface area contributed by atoms with Gasteiger partial charge in [0.2, 0.25) is 0 Å². The average Bonchev–Trinajstić information content (AvgIpc) is 2.88. The van der Waals surface area contributed by atoms with Gasteiger partial charge < -0.3 is 15.0 Å². The second-order valence-electron chi connectivity index (χ2n) is 4.41. The molecule has 1 N–H and O–H groups in total. The zero-order valence-electron chi connectivity index (χ0n) is 8.82. The molecule has 0 aromatic rings. The van der Waals surface area contributed by atoms with E-state index >= 15 is 0 Å². The van der Waals surface area contributed by atoms with Gasteiger partial charge in [0.1, 0.15) is 0 Å². The number of amides is 2. The molecule has 1 saturated heterocycles. The summed E-state index contributed by atoms with van der Waals surface area (Å²) < 4.78 is 5.64. The van der Waals surface area contributed by atoms with Crippen LogP contribution in [0, 0.1) is 5.92 Å². The monoisotopic (exact) mass is 198 g/mol. The second kappa shape index (κ2) is 3.77. The van der Waals surface area contributed by atoms with Crippen LogP contribution >= 0.6 is 0 Å². The van der Waals surface area contributed by atoms with E-state index in [0.717, 1.165) is 13.0 Å². The lowest BCUT2D eigenvalue weighted by Gasteiger charge is -2.21. The fraction of sp³-hybridized carbons (Fsp3) is 0.900. The Morgan fingerprint density at radius 1 is 1.36 bits per heavy atom. The number of carbonyl (C=O) groups is 1. The van der Waals surface area contributed by atoms with Crippen LogP contribution in [-0.4, -0.2) is 43.8 Å². The van der Waals surface area contributed by atoms with E-state index in [1.54, 1.807) is 19.0 Å². The van der Waals surface area contributed by atoms with Crippen molar-refractivity contribution in [3.63, 3.8) is 0 Å². The molecule has 0 radical (unpaired) electrons. The molecule has 2 rings (SSSR count). The van der Waals surface area contributed by atoms with Gasteiger partial charge in [0.15, 0.2) is 0 Å². The van der Waals surface area contributed by atoms with Crippen LogP contribution in [0.15, 0.2) is 0 Å². The van der Waals surface area contributed by atoms with Crippen molar-refractivity contribution in [3.05, 3.63) is 0 Å². The molecule has 14 heavy (non-hydrogen) atoms. The van der Waals surface area contributed by atoms with Gasteiger partial charge in [0.05, 0.1) is 12.1 Å². The second-order valence-corrected chi connectivity index (χ2v) is 4.41. The Bertz CT molecular complexity index is 226. The Kier molecular flexibility index (Phi) is 2.63. The summed E-state index contributed by atoms with van der Waals surface area (Å²) in [6.45, 7) is 0.791. The van der Waals surface area contributed by atoms with Crippen molar-refractivity contribution in [2.75, 3.05) is 20.7 Å². The number of hydrogen-bond acceptors (Lipinski definition) is 2. The van der Waals surface area contributed by atoms with Crippen LogP contribution in [0.2, 0.25) is 0 Å². The molecule has 1 aliphatic heterocycles. The van der Waals surface area contributed by atoms with Gasteiger partial charge in [-0.15, -0.1) is 0 Å². The van der Waals surface area contributed by atoms with Gasteiger partial charge in [-0.25, -0.2) is 4.79 Å². The largest absolute Gasteiger partial charge is 0.376 e. The molecule has 80 valence electrons. The van der Waals surface area contributed by atoms with Crippen molar-refractivity contribution in [1.82, 2.24) is 10.2 Å². The lowest BCUT2D eigenvalue weighted by atomic mass is 10.1. The number of carbonyl (C=O) groups excluding carboxylic acids is 1. The number of hydrogen-bond donors (Lipinski definition) is 1. The minimum Gasteiger partial charge on any atom is -0.376 e. The SMILES string of the molecule is CN(C)C(=O)NC1CCOC1C1CC1. The molecule has 0 spiro atoms. The highest BCUT2D eigenvalue weighted by Crippen LogP contribution is 2.38. The van der Waals surface area contributed by atoms with Crippen molar-refractivity contribution in [1.29, 1.82) is 0 Å². The van der Waals surface area contributed by atoms with Gasteiger partial charge in [0.25, 0.3) is 0 Å². The molecule has 1 saturated carbocycles. The highest BCUT2D eigenvalue weighted by atomic mass is 16.5. The highest BCUT2D eigenvalue weighted by molar-refractivity contribution is 5.73. The van der Waals surface area contributed by atoms with E-state index in [9.17, 15) is 4.79 Å². The summed E-state index contributed by atoms with van der Waals surface area (Å²) in [6.07, 6.45) is 3.76. The van der Waals surface area contributed by atoms with Crippen LogP contribution in [0.4, 0.5) is 4.79 Å². The first-order valence-electron chi connectivity index (χ1n) is 5.28. The first kappa shape index (κ1) is 9.77. The van der Waals surface area contributed by atoms with Crippen LogP contribution in [-0.2, 0) is 4.74 Å². The molecule has 4 nitrogen and oxygen atoms in total. The Balaban J connectivity index is 1.86. The van der Waals surface area contributed by atoms with E-state index in [4.69, 9.17) is 4.74 Å². The van der Waals surface area contributed by atoms with Gasteiger partial charge >= 0.3 is 6.03 Å². The summed E-state index contributed by atoms with van der Waals surface area (Å²) in [6, 6.07) is 0.226. The van der Waals surface area contributed by atoms with Crippen molar-refractivity contribution in [2.45, 2.75) is 31.4 Å². The summed E-state index contributed by atoms with van der Waals surface area (Å²) >= 11 is 0. The van der Waals surface area contributed by atoms with Crippen LogP contribution in [0.1, 0.15) is 19.3 Å². The normalized spacial score (nSPS) is 31.6. The van der Waals surface area contributed by atoms with Gasteiger partial charge in [-0.2, -0.15) is 0 Å². The van der Waals surface area contributed by atoms with Crippen LogP contribution in [0.25, 0.3) is 0 Å². The summed E-state index contributed by atoms with van der Waals surface area (Å²) in [4.78, 5) is 13.0. The molecule has 2 fully saturated rings. The lowest BCUT2D eigenvalue weighted by Crippen LogP contribution is -2.45. The minimum absolute atomic E-state index is 0.00819. The molecule has 2 aliphatic rings. The van der Waals surface area contributed by atoms with E-state index in [-0.39, 0.29) is 18.2 Å². The van der Waals surface area contributed by atoms with E-state index in [1.165, 1.54) is 12.8 Å². The maximum atomic E-state index is 11.4. The molecule has 0 aromatic heterocycles. The van der Waals surface area contributed by atoms with Gasteiger partial charge in [0, 0.05) is 20.7 Å².